The summed E-state index contributed by atoms with van der Waals surface area (Å²) in [6, 6.07) is 3.96. The van der Waals surface area contributed by atoms with Crippen molar-refractivity contribution in [2.24, 2.45) is 0 Å². The highest BCUT2D eigenvalue weighted by molar-refractivity contribution is 6.00. The minimum Gasteiger partial charge on any atom is -0.464 e. The number of carbonyl (C=O) groups excluding carboxylic acids is 2. The van der Waals surface area contributed by atoms with Crippen LogP contribution in [0.2, 0.25) is 0 Å². The van der Waals surface area contributed by atoms with Gasteiger partial charge in [0.25, 0.3) is 0 Å². The summed E-state index contributed by atoms with van der Waals surface area (Å²) in [5, 5.41) is 1.000. The standard InChI is InChI=1S/C25H28N4O3/c1-14-9-19-17(13-32-21(19)10-15(14)2)11-23(31)29-8-6-5-7-20(29)24-26-16(3)18-12-22(30)28(4)25(18)27-24/h9-10,13,20H,5-8,11-12H2,1-4H3. The zero-order valence-corrected chi connectivity index (χ0v) is 19.1. The van der Waals surface area contributed by atoms with Crippen LogP contribution < -0.4 is 4.90 Å². The Morgan fingerprint density at radius 1 is 1.16 bits per heavy atom. The third-order valence-electron chi connectivity index (χ3n) is 6.96. The third kappa shape index (κ3) is 3.36. The van der Waals surface area contributed by atoms with Gasteiger partial charge in [-0.2, -0.15) is 0 Å². The number of hydrogen-bond donors (Lipinski definition) is 0. The van der Waals surface area contributed by atoms with E-state index in [2.05, 4.69) is 19.9 Å². The van der Waals surface area contributed by atoms with Crippen molar-refractivity contribution >= 4 is 28.6 Å². The molecule has 32 heavy (non-hydrogen) atoms. The summed E-state index contributed by atoms with van der Waals surface area (Å²) in [5.41, 5.74) is 5.81. The highest BCUT2D eigenvalue weighted by Gasteiger charge is 2.34. The number of likely N-dealkylation sites (tertiary alicyclic amines) is 1. The number of anilines is 1. The lowest BCUT2D eigenvalue weighted by atomic mass is 9.99. The van der Waals surface area contributed by atoms with Gasteiger partial charge in [-0.15, -0.1) is 0 Å². The summed E-state index contributed by atoms with van der Waals surface area (Å²) in [4.78, 5) is 38.6. The van der Waals surface area contributed by atoms with Gasteiger partial charge in [0.1, 0.15) is 11.4 Å². The van der Waals surface area contributed by atoms with Crippen LogP contribution >= 0.6 is 0 Å². The maximum atomic E-state index is 13.4. The predicted molar refractivity (Wildman–Crippen MR) is 122 cm³/mol. The molecule has 0 bridgehead atoms. The first kappa shape index (κ1) is 20.7. The number of nitrogens with zero attached hydrogens (tertiary/aromatic N) is 4. The molecule has 1 unspecified atom stereocenters. The van der Waals surface area contributed by atoms with E-state index in [4.69, 9.17) is 14.4 Å². The molecule has 0 N–H and O–H groups in total. The van der Waals surface area contributed by atoms with Crippen molar-refractivity contribution in [3.63, 3.8) is 0 Å². The minimum absolute atomic E-state index is 0.0310. The van der Waals surface area contributed by atoms with E-state index >= 15 is 0 Å². The molecule has 3 aromatic rings. The van der Waals surface area contributed by atoms with Crippen molar-refractivity contribution in [1.82, 2.24) is 14.9 Å². The zero-order chi connectivity index (χ0) is 22.6. The smallest absolute Gasteiger partial charge is 0.232 e. The van der Waals surface area contributed by atoms with E-state index in [9.17, 15) is 9.59 Å². The largest absolute Gasteiger partial charge is 0.464 e. The van der Waals surface area contributed by atoms with Crippen LogP contribution in [0.25, 0.3) is 11.0 Å². The molecule has 5 rings (SSSR count). The quantitative estimate of drug-likeness (QED) is 0.626. The molecule has 0 aliphatic carbocycles. The van der Waals surface area contributed by atoms with Gasteiger partial charge in [-0.1, -0.05) is 0 Å². The molecule has 2 aliphatic heterocycles. The summed E-state index contributed by atoms with van der Waals surface area (Å²) in [7, 11) is 1.75. The number of amides is 2. The average molecular weight is 433 g/mol. The molecule has 1 atom stereocenters. The summed E-state index contributed by atoms with van der Waals surface area (Å²) >= 11 is 0. The van der Waals surface area contributed by atoms with Gasteiger partial charge < -0.3 is 9.32 Å². The second-order valence-corrected chi connectivity index (χ2v) is 9.07. The van der Waals surface area contributed by atoms with E-state index in [1.54, 1.807) is 18.2 Å². The summed E-state index contributed by atoms with van der Waals surface area (Å²) in [6.45, 7) is 6.74. The van der Waals surface area contributed by atoms with Crippen molar-refractivity contribution < 1.29 is 14.0 Å². The van der Waals surface area contributed by atoms with Crippen molar-refractivity contribution in [2.75, 3.05) is 18.5 Å². The van der Waals surface area contributed by atoms with Crippen LogP contribution in [0.4, 0.5) is 5.82 Å². The predicted octanol–water partition coefficient (Wildman–Crippen LogP) is 3.96. The molecular formula is C25H28N4O3. The molecule has 0 radical (unpaired) electrons. The Balaban J connectivity index is 1.45. The van der Waals surface area contributed by atoms with E-state index in [0.717, 1.165) is 47.1 Å². The average Bonchev–Trinajstić information content (AvgIpc) is 3.29. The number of rotatable bonds is 3. The Morgan fingerprint density at radius 2 is 1.94 bits per heavy atom. The SMILES string of the molecule is Cc1cc2occ(CC(=O)N3CCCCC3c3nc(C)c4c(n3)N(C)C(=O)C4)c2cc1C. The highest BCUT2D eigenvalue weighted by Crippen LogP contribution is 2.34. The van der Waals surface area contributed by atoms with E-state index in [0.29, 0.717) is 24.6 Å². The van der Waals surface area contributed by atoms with Gasteiger partial charge in [-0.3, -0.25) is 14.5 Å². The van der Waals surface area contributed by atoms with E-state index in [-0.39, 0.29) is 24.3 Å². The van der Waals surface area contributed by atoms with Crippen LogP contribution in [0.3, 0.4) is 0 Å². The zero-order valence-electron chi connectivity index (χ0n) is 19.1. The highest BCUT2D eigenvalue weighted by atomic mass is 16.3. The van der Waals surface area contributed by atoms with Gasteiger partial charge in [-0.25, -0.2) is 9.97 Å². The summed E-state index contributed by atoms with van der Waals surface area (Å²) in [5.74, 6) is 1.41. The van der Waals surface area contributed by atoms with Crippen LogP contribution in [0.5, 0.6) is 0 Å². The van der Waals surface area contributed by atoms with Crippen LogP contribution in [-0.4, -0.2) is 40.3 Å². The van der Waals surface area contributed by atoms with E-state index in [1.807, 2.05) is 17.9 Å². The fourth-order valence-electron chi connectivity index (χ4n) is 4.86. The maximum absolute atomic E-state index is 13.4. The van der Waals surface area contributed by atoms with Gasteiger partial charge in [0.2, 0.25) is 11.8 Å². The molecular weight excluding hydrogens is 404 g/mol. The van der Waals surface area contributed by atoms with Crippen molar-refractivity contribution in [2.45, 2.75) is 58.9 Å². The number of piperidine rings is 1. The number of benzene rings is 1. The monoisotopic (exact) mass is 432 g/mol. The Labute approximate surface area is 187 Å². The Bertz CT molecular complexity index is 1250. The molecule has 2 aromatic heterocycles. The van der Waals surface area contributed by atoms with Crippen LogP contribution in [0, 0.1) is 20.8 Å². The molecule has 2 aliphatic rings. The molecule has 1 saturated heterocycles. The molecule has 166 valence electrons. The van der Waals surface area contributed by atoms with Crippen LogP contribution in [0.15, 0.2) is 22.8 Å². The van der Waals surface area contributed by atoms with Gasteiger partial charge in [-0.05, 0) is 63.3 Å². The van der Waals surface area contributed by atoms with Crippen molar-refractivity contribution in [3.05, 3.63) is 52.2 Å². The van der Waals surface area contributed by atoms with E-state index < -0.39 is 0 Å². The second kappa shape index (κ2) is 7.73. The van der Waals surface area contributed by atoms with Crippen LogP contribution in [-0.2, 0) is 22.4 Å². The molecule has 1 aromatic carbocycles. The van der Waals surface area contributed by atoms with Gasteiger partial charge in [0.15, 0.2) is 5.82 Å². The number of hydrogen-bond acceptors (Lipinski definition) is 5. The fraction of sp³-hybridized carbons (Fsp3) is 0.440. The minimum atomic E-state index is -0.175. The Kier molecular flexibility index (Phi) is 4.99. The lowest BCUT2D eigenvalue weighted by molar-refractivity contribution is -0.134. The normalized spacial score (nSPS) is 18.5. The number of fused-ring (bicyclic) bond motifs is 2. The molecule has 0 spiro atoms. The van der Waals surface area contributed by atoms with Gasteiger partial charge in [0, 0.05) is 35.8 Å². The first-order valence-electron chi connectivity index (χ1n) is 11.2. The number of likely N-dealkylation sites (N-methyl/N-ethyl adjacent to an activating group) is 1. The third-order valence-corrected chi connectivity index (χ3v) is 6.96. The molecule has 4 heterocycles. The van der Waals surface area contributed by atoms with E-state index in [1.165, 1.54) is 11.1 Å². The van der Waals surface area contributed by atoms with Crippen molar-refractivity contribution in [1.29, 1.82) is 0 Å². The number of aromatic nitrogens is 2. The topological polar surface area (TPSA) is 79.5 Å². The fourth-order valence-corrected chi connectivity index (χ4v) is 4.86. The van der Waals surface area contributed by atoms with Gasteiger partial charge in [0.05, 0.1) is 25.1 Å². The maximum Gasteiger partial charge on any atom is 0.232 e. The molecule has 2 amide bonds. The molecule has 1 fully saturated rings. The molecule has 0 saturated carbocycles. The summed E-state index contributed by atoms with van der Waals surface area (Å²) in [6.07, 6.45) is 5.15. The first-order chi connectivity index (χ1) is 15.3. The van der Waals surface area contributed by atoms with Gasteiger partial charge >= 0.3 is 0 Å². The lowest BCUT2D eigenvalue weighted by Crippen LogP contribution is -2.40. The molecule has 7 nitrogen and oxygen atoms in total. The Hall–Kier alpha value is -3.22. The van der Waals surface area contributed by atoms with Crippen LogP contribution in [0.1, 0.15) is 59.1 Å². The molecule has 7 heteroatoms. The number of carbonyl (C=O) groups is 2. The number of aryl methyl sites for hydroxylation is 3. The first-order valence-corrected chi connectivity index (χ1v) is 11.2. The lowest BCUT2D eigenvalue weighted by Gasteiger charge is -2.35. The second-order valence-electron chi connectivity index (χ2n) is 9.07. The number of furan rings is 1. The van der Waals surface area contributed by atoms with Crippen molar-refractivity contribution in [3.8, 4) is 0 Å². The Morgan fingerprint density at radius 3 is 2.75 bits per heavy atom. The summed E-state index contributed by atoms with van der Waals surface area (Å²) < 4.78 is 5.74.